The molecule has 142 valence electrons. The van der Waals surface area contributed by atoms with Gasteiger partial charge in [-0.05, 0) is 13.0 Å². The quantitative estimate of drug-likeness (QED) is 0.513. The second-order valence-electron chi connectivity index (χ2n) is 5.36. The van der Waals surface area contributed by atoms with E-state index in [0.717, 1.165) is 24.1 Å². The van der Waals surface area contributed by atoms with Crippen LogP contribution >= 0.6 is 11.8 Å². The van der Waals surface area contributed by atoms with Crippen molar-refractivity contribution in [1.29, 1.82) is 0 Å². The van der Waals surface area contributed by atoms with E-state index in [0.29, 0.717) is 0 Å². The fourth-order valence-electron chi connectivity index (χ4n) is 1.82. The summed E-state index contributed by atoms with van der Waals surface area (Å²) in [5, 5.41) is 9.17. The fraction of sp³-hybridized carbons (Fsp3) is 0.333. The van der Waals surface area contributed by atoms with E-state index in [9.17, 15) is 17.2 Å². The number of hydrogen-bond acceptors (Lipinski definition) is 7. The summed E-state index contributed by atoms with van der Waals surface area (Å²) in [7, 11) is -3.59. The molecule has 1 heterocycles. The number of benzene rings is 1. The first-order valence-corrected chi connectivity index (χ1v) is 10.3. The van der Waals surface area contributed by atoms with E-state index in [1.54, 1.807) is 6.92 Å². The van der Waals surface area contributed by atoms with Crippen molar-refractivity contribution in [2.75, 3.05) is 17.6 Å². The van der Waals surface area contributed by atoms with Crippen molar-refractivity contribution in [3.05, 3.63) is 41.5 Å². The molecule has 2 aromatic rings. The van der Waals surface area contributed by atoms with Gasteiger partial charge >= 0.3 is 0 Å². The molecule has 0 amide bonds. The van der Waals surface area contributed by atoms with Gasteiger partial charge in [-0.1, -0.05) is 23.9 Å². The number of aliphatic hydroxyl groups excluding tert-OH is 1. The van der Waals surface area contributed by atoms with Crippen molar-refractivity contribution in [2.24, 2.45) is 0 Å². The van der Waals surface area contributed by atoms with Crippen LogP contribution < -0.4 is 9.46 Å². The summed E-state index contributed by atoms with van der Waals surface area (Å²) in [6.07, 6.45) is 0.385. The second kappa shape index (κ2) is 8.60. The molecule has 1 atom stereocenters. The molecule has 2 rings (SSSR count). The summed E-state index contributed by atoms with van der Waals surface area (Å²) in [5.74, 6) is -1.89. The average Bonchev–Trinajstić information content (AvgIpc) is 2.54. The number of aliphatic hydroxyl groups is 1. The number of thioether (sulfide) groups is 1. The van der Waals surface area contributed by atoms with Crippen LogP contribution in [0.2, 0.25) is 0 Å². The monoisotopic (exact) mass is 405 g/mol. The Hall–Kier alpha value is -1.98. The predicted octanol–water partition coefficient (Wildman–Crippen LogP) is 2.18. The third-order valence-electron chi connectivity index (χ3n) is 2.94. The summed E-state index contributed by atoms with van der Waals surface area (Å²) < 4.78 is 57.4. The van der Waals surface area contributed by atoms with Gasteiger partial charge < -0.3 is 9.84 Å². The van der Waals surface area contributed by atoms with Gasteiger partial charge in [0.2, 0.25) is 15.9 Å². The number of ether oxygens (including phenoxy) is 1. The number of halogens is 2. The minimum absolute atomic E-state index is 0.0287. The number of nitrogens with zero attached hydrogens (tertiary/aromatic N) is 2. The summed E-state index contributed by atoms with van der Waals surface area (Å²) in [6, 6.07) is 5.09. The Bertz CT molecular complexity index is 881. The maximum absolute atomic E-state index is 13.7. The number of sulfonamides is 1. The molecular formula is C15H17F2N3O4S2. The van der Waals surface area contributed by atoms with E-state index in [4.69, 9.17) is 9.84 Å². The maximum Gasteiger partial charge on any atom is 0.230 e. The third-order valence-corrected chi connectivity index (χ3v) is 4.42. The molecule has 0 radical (unpaired) electrons. The van der Waals surface area contributed by atoms with Crippen LogP contribution in [-0.2, 0) is 15.8 Å². The maximum atomic E-state index is 13.7. The highest BCUT2D eigenvalue weighted by Gasteiger charge is 2.14. The van der Waals surface area contributed by atoms with Gasteiger partial charge in [-0.2, -0.15) is 4.98 Å². The van der Waals surface area contributed by atoms with Gasteiger partial charge in [0.05, 0.1) is 12.9 Å². The highest BCUT2D eigenvalue weighted by atomic mass is 32.2. The van der Waals surface area contributed by atoms with E-state index in [1.165, 1.54) is 18.2 Å². The fourth-order valence-corrected chi connectivity index (χ4v) is 3.13. The lowest BCUT2D eigenvalue weighted by Crippen LogP contribution is -2.18. The minimum atomic E-state index is -3.59. The van der Waals surface area contributed by atoms with E-state index in [2.05, 4.69) is 14.7 Å². The van der Waals surface area contributed by atoms with Crippen molar-refractivity contribution in [3.63, 3.8) is 0 Å². The normalized spacial score (nSPS) is 12.7. The Kier molecular flexibility index (Phi) is 6.73. The average molecular weight is 405 g/mol. The first kappa shape index (κ1) is 20.3. The molecule has 0 aliphatic heterocycles. The van der Waals surface area contributed by atoms with Crippen LogP contribution in [0.25, 0.3) is 0 Å². The van der Waals surface area contributed by atoms with Crippen LogP contribution in [0.4, 0.5) is 14.6 Å². The summed E-state index contributed by atoms with van der Waals surface area (Å²) in [5.41, 5.74) is 0.117. The second-order valence-corrected chi connectivity index (χ2v) is 8.05. The molecule has 1 aromatic carbocycles. The standard InChI is InChI=1S/C15H17F2N3O4S2/c1-9(7-21)24-13-6-12(20-26(2,22)23)18-15(19-13)25-8-10-4-3-5-11(16)14(10)17/h3-6,9,21H,7-8H2,1-2H3,(H,18,19,20)/t9-/m1/s1. The van der Waals surface area contributed by atoms with Crippen molar-refractivity contribution >= 4 is 27.6 Å². The first-order valence-electron chi connectivity index (χ1n) is 7.38. The molecule has 0 saturated heterocycles. The van der Waals surface area contributed by atoms with Crippen molar-refractivity contribution in [2.45, 2.75) is 23.9 Å². The minimum Gasteiger partial charge on any atom is -0.472 e. The molecule has 0 unspecified atom stereocenters. The lowest BCUT2D eigenvalue weighted by atomic mass is 10.2. The van der Waals surface area contributed by atoms with Crippen LogP contribution in [-0.4, -0.2) is 42.5 Å². The van der Waals surface area contributed by atoms with Crippen molar-refractivity contribution in [3.8, 4) is 5.88 Å². The Morgan fingerprint density at radius 2 is 2.08 bits per heavy atom. The Labute approximate surface area is 153 Å². The zero-order valence-electron chi connectivity index (χ0n) is 13.9. The van der Waals surface area contributed by atoms with Crippen LogP contribution in [0, 0.1) is 11.6 Å². The molecular weight excluding hydrogens is 388 g/mol. The van der Waals surface area contributed by atoms with Crippen LogP contribution in [0.15, 0.2) is 29.4 Å². The Balaban J connectivity index is 2.26. The number of aromatic nitrogens is 2. The number of anilines is 1. The van der Waals surface area contributed by atoms with Crippen molar-refractivity contribution < 1.29 is 27.0 Å². The smallest absolute Gasteiger partial charge is 0.230 e. The highest BCUT2D eigenvalue weighted by Crippen LogP contribution is 2.26. The molecule has 0 spiro atoms. The van der Waals surface area contributed by atoms with E-state index in [1.807, 2.05) is 0 Å². The van der Waals surface area contributed by atoms with Crippen molar-refractivity contribution in [1.82, 2.24) is 9.97 Å². The highest BCUT2D eigenvalue weighted by molar-refractivity contribution is 7.98. The van der Waals surface area contributed by atoms with Gasteiger partial charge in [0, 0.05) is 17.4 Å². The Morgan fingerprint density at radius 3 is 2.73 bits per heavy atom. The lowest BCUT2D eigenvalue weighted by Gasteiger charge is -2.13. The van der Waals surface area contributed by atoms with Gasteiger partial charge in [0.1, 0.15) is 11.9 Å². The van der Waals surface area contributed by atoms with Gasteiger partial charge in [-0.25, -0.2) is 22.2 Å². The first-order chi connectivity index (χ1) is 12.2. The molecule has 7 nitrogen and oxygen atoms in total. The third kappa shape index (κ3) is 6.07. The summed E-state index contributed by atoms with van der Waals surface area (Å²) in [4.78, 5) is 8.11. The predicted molar refractivity (Wildman–Crippen MR) is 93.6 cm³/mol. The van der Waals surface area contributed by atoms with E-state index < -0.39 is 27.8 Å². The lowest BCUT2D eigenvalue weighted by molar-refractivity contribution is 0.124. The summed E-state index contributed by atoms with van der Waals surface area (Å²) in [6.45, 7) is 1.33. The molecule has 0 aliphatic rings. The molecule has 0 fully saturated rings. The molecule has 0 aliphatic carbocycles. The van der Waals surface area contributed by atoms with E-state index >= 15 is 0 Å². The zero-order valence-corrected chi connectivity index (χ0v) is 15.6. The molecule has 0 bridgehead atoms. The molecule has 0 saturated carbocycles. The number of nitrogens with one attached hydrogen (secondary N) is 1. The van der Waals surface area contributed by atoms with Crippen LogP contribution in [0.1, 0.15) is 12.5 Å². The SMILES string of the molecule is C[C@H](CO)Oc1cc(NS(C)(=O)=O)nc(SCc2cccc(F)c2F)n1. The summed E-state index contributed by atoms with van der Waals surface area (Å²) >= 11 is 0.979. The van der Waals surface area contributed by atoms with Crippen LogP contribution in [0.5, 0.6) is 5.88 Å². The molecule has 26 heavy (non-hydrogen) atoms. The number of hydrogen-bond donors (Lipinski definition) is 2. The van der Waals surface area contributed by atoms with Gasteiger partial charge in [0.15, 0.2) is 16.8 Å². The van der Waals surface area contributed by atoms with Crippen LogP contribution in [0.3, 0.4) is 0 Å². The molecule has 11 heteroatoms. The van der Waals surface area contributed by atoms with Gasteiger partial charge in [-0.15, -0.1) is 0 Å². The Morgan fingerprint density at radius 1 is 1.35 bits per heavy atom. The van der Waals surface area contributed by atoms with Gasteiger partial charge in [0.25, 0.3) is 0 Å². The van der Waals surface area contributed by atoms with Gasteiger partial charge in [-0.3, -0.25) is 4.72 Å². The van der Waals surface area contributed by atoms with E-state index in [-0.39, 0.29) is 34.8 Å². The number of rotatable bonds is 8. The topological polar surface area (TPSA) is 101 Å². The molecule has 1 aromatic heterocycles. The largest absolute Gasteiger partial charge is 0.472 e. The molecule has 2 N–H and O–H groups in total. The zero-order chi connectivity index (χ0) is 19.3.